The second-order valence-electron chi connectivity index (χ2n) is 7.15. The van der Waals surface area contributed by atoms with E-state index in [1.54, 1.807) is 60.7 Å². The number of carboxylic acid groups (broad SMARTS) is 1. The van der Waals surface area contributed by atoms with Gasteiger partial charge in [-0.2, -0.15) is 0 Å². The highest BCUT2D eigenvalue weighted by Gasteiger charge is 2.48. The lowest BCUT2D eigenvalue weighted by Crippen LogP contribution is -2.29. The number of methoxy groups -OCH3 is 1. The summed E-state index contributed by atoms with van der Waals surface area (Å²) in [5.41, 5.74) is 1.16. The van der Waals surface area contributed by atoms with Crippen LogP contribution in [0.15, 0.2) is 76.9 Å². The Morgan fingerprint density at radius 3 is 2.28 bits per heavy atom. The van der Waals surface area contributed by atoms with Gasteiger partial charge in [0.1, 0.15) is 23.3 Å². The van der Waals surface area contributed by atoms with Gasteiger partial charge in [0.05, 0.1) is 25.4 Å². The molecule has 1 saturated heterocycles. The van der Waals surface area contributed by atoms with Crippen LogP contribution in [0.1, 0.15) is 22.9 Å². The third-order valence-corrected chi connectivity index (χ3v) is 5.19. The molecule has 32 heavy (non-hydrogen) atoms. The lowest BCUT2D eigenvalue weighted by Gasteiger charge is -2.23. The van der Waals surface area contributed by atoms with Gasteiger partial charge in [0.15, 0.2) is 0 Å². The Bertz CT molecular complexity index is 1190. The van der Waals surface area contributed by atoms with E-state index in [0.717, 1.165) is 0 Å². The van der Waals surface area contributed by atoms with Gasteiger partial charge in [-0.05, 0) is 54.1 Å². The smallest absolute Gasteiger partial charge is 0.307 e. The van der Waals surface area contributed by atoms with Crippen LogP contribution in [-0.2, 0) is 20.8 Å². The first-order chi connectivity index (χ1) is 15.4. The number of carbonyl (C=O) groups excluding carboxylic acids is 2. The number of rotatable bonds is 6. The van der Waals surface area contributed by atoms with Crippen LogP contribution in [0.5, 0.6) is 5.75 Å². The van der Waals surface area contributed by atoms with Crippen LogP contribution in [0.2, 0.25) is 0 Å². The minimum Gasteiger partial charge on any atom is -0.507 e. The number of aliphatic hydroxyl groups is 1. The normalized spacial score (nSPS) is 17.5. The largest absolute Gasteiger partial charge is 0.507 e. The van der Waals surface area contributed by atoms with Gasteiger partial charge in [0.25, 0.3) is 11.7 Å². The summed E-state index contributed by atoms with van der Waals surface area (Å²) in [6, 6.07) is 15.0. The molecule has 1 aliphatic heterocycles. The van der Waals surface area contributed by atoms with E-state index in [9.17, 15) is 19.5 Å². The number of furan rings is 1. The van der Waals surface area contributed by atoms with Crippen molar-refractivity contribution in [2.24, 2.45) is 0 Å². The fraction of sp³-hybridized carbons (Fsp3) is 0.125. The number of carboxylic acids is 1. The Morgan fingerprint density at radius 1 is 1.03 bits per heavy atom. The van der Waals surface area contributed by atoms with Crippen molar-refractivity contribution in [1.29, 1.82) is 0 Å². The van der Waals surface area contributed by atoms with Crippen LogP contribution in [0.4, 0.5) is 5.69 Å². The average Bonchev–Trinajstić information content (AvgIpc) is 3.41. The van der Waals surface area contributed by atoms with Gasteiger partial charge in [0.2, 0.25) is 0 Å². The predicted octanol–water partition coefficient (Wildman–Crippen LogP) is 3.54. The van der Waals surface area contributed by atoms with Gasteiger partial charge in [0, 0.05) is 11.3 Å². The number of aliphatic carboxylic acids is 1. The summed E-state index contributed by atoms with van der Waals surface area (Å²) in [5.74, 6) is -2.12. The van der Waals surface area contributed by atoms with Crippen molar-refractivity contribution in [1.82, 2.24) is 0 Å². The number of carbonyl (C=O) groups is 3. The predicted molar refractivity (Wildman–Crippen MR) is 114 cm³/mol. The Kier molecular flexibility index (Phi) is 5.51. The molecule has 0 saturated carbocycles. The number of anilines is 1. The van der Waals surface area contributed by atoms with Gasteiger partial charge in [-0.3, -0.25) is 19.3 Å². The lowest BCUT2D eigenvalue weighted by atomic mass is 9.99. The number of Topliss-reactive ketones (excluding diaryl/α,β-unsaturated/α-hetero) is 1. The first kappa shape index (κ1) is 20.9. The highest BCUT2D eigenvalue weighted by molar-refractivity contribution is 6.51. The van der Waals surface area contributed by atoms with E-state index in [1.807, 2.05) is 0 Å². The zero-order valence-electron chi connectivity index (χ0n) is 17.0. The van der Waals surface area contributed by atoms with Crippen molar-refractivity contribution >= 4 is 29.1 Å². The molecule has 162 valence electrons. The van der Waals surface area contributed by atoms with E-state index >= 15 is 0 Å². The van der Waals surface area contributed by atoms with Gasteiger partial charge >= 0.3 is 5.97 Å². The van der Waals surface area contributed by atoms with Gasteiger partial charge in [-0.25, -0.2) is 0 Å². The molecule has 2 aromatic carbocycles. The molecule has 1 amide bonds. The van der Waals surface area contributed by atoms with Crippen LogP contribution in [0.25, 0.3) is 5.76 Å². The minimum atomic E-state index is -0.988. The lowest BCUT2D eigenvalue weighted by molar-refractivity contribution is -0.136. The summed E-state index contributed by atoms with van der Waals surface area (Å²) in [7, 11) is 1.51. The number of ketones is 1. The highest BCUT2D eigenvalue weighted by Crippen LogP contribution is 2.42. The Labute approximate surface area is 183 Å². The fourth-order valence-electron chi connectivity index (χ4n) is 3.67. The molecule has 0 spiro atoms. The summed E-state index contributed by atoms with van der Waals surface area (Å²) in [6.07, 6.45) is 1.25. The van der Waals surface area contributed by atoms with Crippen molar-refractivity contribution in [3.63, 3.8) is 0 Å². The molecule has 1 aromatic heterocycles. The first-order valence-corrected chi connectivity index (χ1v) is 9.70. The second kappa shape index (κ2) is 8.43. The molecule has 0 radical (unpaired) electrons. The summed E-state index contributed by atoms with van der Waals surface area (Å²) in [4.78, 5) is 38.2. The molecule has 0 aliphatic carbocycles. The fourth-order valence-corrected chi connectivity index (χ4v) is 3.67. The quantitative estimate of drug-likeness (QED) is 0.347. The van der Waals surface area contributed by atoms with E-state index in [0.29, 0.717) is 28.3 Å². The average molecular weight is 433 g/mol. The molecule has 4 rings (SSSR count). The Morgan fingerprint density at radius 2 is 1.72 bits per heavy atom. The Balaban J connectivity index is 1.82. The topological polar surface area (TPSA) is 117 Å². The molecule has 8 heteroatoms. The van der Waals surface area contributed by atoms with Crippen LogP contribution < -0.4 is 9.64 Å². The number of amides is 1. The SMILES string of the molecule is COc1ccc(/C(O)=C2/C(=O)C(=O)N(c3ccc(CC(=O)O)cc3)C2c2ccco2)cc1. The van der Waals surface area contributed by atoms with E-state index in [-0.39, 0.29) is 17.8 Å². The maximum atomic E-state index is 13.0. The molecule has 2 N–H and O–H groups in total. The third kappa shape index (κ3) is 3.74. The van der Waals surface area contributed by atoms with E-state index < -0.39 is 23.7 Å². The molecule has 1 unspecified atom stereocenters. The molecule has 8 nitrogen and oxygen atoms in total. The maximum Gasteiger partial charge on any atom is 0.307 e. The van der Waals surface area contributed by atoms with Crippen molar-refractivity contribution in [2.45, 2.75) is 12.5 Å². The summed E-state index contributed by atoms with van der Waals surface area (Å²) < 4.78 is 10.6. The van der Waals surface area contributed by atoms with Gasteiger partial charge < -0.3 is 19.4 Å². The van der Waals surface area contributed by atoms with Gasteiger partial charge in [-0.1, -0.05) is 12.1 Å². The molecule has 1 aliphatic rings. The third-order valence-electron chi connectivity index (χ3n) is 5.19. The number of benzene rings is 2. The molecule has 2 heterocycles. The van der Waals surface area contributed by atoms with Crippen LogP contribution in [-0.4, -0.2) is 35.0 Å². The van der Waals surface area contributed by atoms with Crippen molar-refractivity contribution in [2.75, 3.05) is 12.0 Å². The number of hydrogen-bond donors (Lipinski definition) is 2. The molecular weight excluding hydrogens is 414 g/mol. The standard InChI is InChI=1S/C24H19NO7/c1-31-17-10-6-15(7-11-17)22(28)20-21(18-3-2-12-32-18)25(24(30)23(20)29)16-8-4-14(5-9-16)13-19(26)27/h2-12,21,28H,13H2,1H3,(H,26,27)/b22-20-. The van der Waals surface area contributed by atoms with E-state index in [2.05, 4.69) is 0 Å². The number of nitrogens with zero attached hydrogens (tertiary/aromatic N) is 1. The molecule has 0 bridgehead atoms. The minimum absolute atomic E-state index is 0.107. The van der Waals surface area contributed by atoms with Crippen LogP contribution in [0.3, 0.4) is 0 Å². The summed E-state index contributed by atoms with van der Waals surface area (Å²) in [6.45, 7) is 0. The molecule has 1 fully saturated rings. The van der Waals surface area contributed by atoms with E-state index in [1.165, 1.54) is 18.3 Å². The zero-order chi connectivity index (χ0) is 22.8. The molecule has 1 atom stereocenters. The highest BCUT2D eigenvalue weighted by atomic mass is 16.5. The van der Waals surface area contributed by atoms with Crippen LogP contribution >= 0.6 is 0 Å². The zero-order valence-corrected chi connectivity index (χ0v) is 17.0. The summed E-state index contributed by atoms with van der Waals surface area (Å²) in [5, 5.41) is 19.9. The van der Waals surface area contributed by atoms with E-state index in [4.69, 9.17) is 14.3 Å². The van der Waals surface area contributed by atoms with Crippen molar-refractivity contribution < 1.29 is 33.8 Å². The summed E-state index contributed by atoms with van der Waals surface area (Å²) >= 11 is 0. The first-order valence-electron chi connectivity index (χ1n) is 9.70. The monoisotopic (exact) mass is 433 g/mol. The maximum absolute atomic E-state index is 13.0. The Hall–Kier alpha value is -4.33. The van der Waals surface area contributed by atoms with Crippen molar-refractivity contribution in [3.8, 4) is 5.75 Å². The number of ether oxygens (including phenoxy) is 1. The van der Waals surface area contributed by atoms with Gasteiger partial charge in [-0.15, -0.1) is 0 Å². The van der Waals surface area contributed by atoms with Crippen molar-refractivity contribution in [3.05, 3.63) is 89.4 Å². The number of hydrogen-bond acceptors (Lipinski definition) is 6. The molecule has 3 aromatic rings. The number of aliphatic hydroxyl groups excluding tert-OH is 1. The molecular formula is C24H19NO7. The second-order valence-corrected chi connectivity index (χ2v) is 7.15. The van der Waals surface area contributed by atoms with Crippen LogP contribution in [0, 0.1) is 0 Å².